The molecule has 0 radical (unpaired) electrons. The highest BCUT2D eigenvalue weighted by molar-refractivity contribution is 5.38. The molecule has 2 aromatic rings. The van der Waals surface area contributed by atoms with E-state index in [-0.39, 0.29) is 18.3 Å². The minimum absolute atomic E-state index is 0.239. The molecule has 1 aliphatic rings. The number of halogens is 1. The van der Waals surface area contributed by atoms with Crippen LogP contribution in [0.2, 0.25) is 0 Å². The van der Waals surface area contributed by atoms with Crippen LogP contribution in [-0.4, -0.2) is 18.3 Å². The normalized spacial score (nSPS) is 17.0. The molecule has 0 amide bonds. The maximum absolute atomic E-state index is 13.1. The summed E-state index contributed by atoms with van der Waals surface area (Å²) in [4.78, 5) is 0. The third-order valence-electron chi connectivity index (χ3n) is 3.72. The number of ether oxygens (including phenoxy) is 2. The van der Waals surface area contributed by atoms with Gasteiger partial charge in [-0.3, -0.25) is 0 Å². The molecule has 21 heavy (non-hydrogen) atoms. The molecule has 3 rings (SSSR count). The van der Waals surface area contributed by atoms with Gasteiger partial charge in [-0.25, -0.2) is 4.39 Å². The van der Waals surface area contributed by atoms with E-state index in [1.165, 1.54) is 12.1 Å². The lowest BCUT2D eigenvalue weighted by Crippen LogP contribution is -2.19. The molecular formula is C17H17FO3. The molecule has 1 atom stereocenters. The number of para-hydroxylation sites is 1. The van der Waals surface area contributed by atoms with Crippen LogP contribution in [0.1, 0.15) is 23.5 Å². The molecule has 1 heterocycles. The predicted octanol–water partition coefficient (Wildman–Crippen LogP) is 3.26. The van der Waals surface area contributed by atoms with Gasteiger partial charge in [-0.05, 0) is 30.7 Å². The minimum atomic E-state index is -0.372. The highest BCUT2D eigenvalue weighted by Crippen LogP contribution is 2.34. The molecule has 3 nitrogen and oxygen atoms in total. The topological polar surface area (TPSA) is 38.7 Å². The van der Waals surface area contributed by atoms with Crippen LogP contribution in [0.3, 0.4) is 0 Å². The van der Waals surface area contributed by atoms with Gasteiger partial charge in [-0.1, -0.05) is 18.2 Å². The SMILES string of the molecule is OCc1cc(F)ccc1OCC1CCOc2ccccc21. The van der Waals surface area contributed by atoms with Crippen LogP contribution in [0.4, 0.5) is 4.39 Å². The zero-order valence-electron chi connectivity index (χ0n) is 11.6. The molecule has 110 valence electrons. The van der Waals surface area contributed by atoms with E-state index in [1.807, 2.05) is 24.3 Å². The van der Waals surface area contributed by atoms with Crippen molar-refractivity contribution in [3.05, 3.63) is 59.4 Å². The highest BCUT2D eigenvalue weighted by atomic mass is 19.1. The van der Waals surface area contributed by atoms with E-state index in [4.69, 9.17) is 9.47 Å². The monoisotopic (exact) mass is 288 g/mol. The molecule has 0 aliphatic carbocycles. The van der Waals surface area contributed by atoms with E-state index < -0.39 is 0 Å². The summed E-state index contributed by atoms with van der Waals surface area (Å²) in [5.74, 6) is 1.30. The van der Waals surface area contributed by atoms with Crippen LogP contribution in [0, 0.1) is 5.82 Å². The second-order valence-corrected chi connectivity index (χ2v) is 5.09. The van der Waals surface area contributed by atoms with E-state index in [1.54, 1.807) is 6.07 Å². The molecule has 0 bridgehead atoms. The van der Waals surface area contributed by atoms with E-state index >= 15 is 0 Å². The molecular weight excluding hydrogens is 271 g/mol. The molecule has 0 spiro atoms. The summed E-state index contributed by atoms with van der Waals surface area (Å²) in [5, 5.41) is 9.27. The van der Waals surface area contributed by atoms with Crippen LogP contribution in [0.5, 0.6) is 11.5 Å². The quantitative estimate of drug-likeness (QED) is 0.938. The molecule has 4 heteroatoms. The Morgan fingerprint density at radius 3 is 2.95 bits per heavy atom. The van der Waals surface area contributed by atoms with Crippen molar-refractivity contribution in [3.63, 3.8) is 0 Å². The van der Waals surface area contributed by atoms with Gasteiger partial charge < -0.3 is 14.6 Å². The Hall–Kier alpha value is -2.07. The van der Waals surface area contributed by atoms with Crippen molar-refractivity contribution < 1.29 is 19.0 Å². The Balaban J connectivity index is 1.74. The fraction of sp³-hybridized carbons (Fsp3) is 0.294. The smallest absolute Gasteiger partial charge is 0.125 e. The average molecular weight is 288 g/mol. The third kappa shape index (κ3) is 3.00. The highest BCUT2D eigenvalue weighted by Gasteiger charge is 2.22. The van der Waals surface area contributed by atoms with Gasteiger partial charge >= 0.3 is 0 Å². The molecule has 1 unspecified atom stereocenters. The first-order valence-corrected chi connectivity index (χ1v) is 7.01. The fourth-order valence-corrected chi connectivity index (χ4v) is 2.59. The van der Waals surface area contributed by atoms with E-state index in [0.29, 0.717) is 24.5 Å². The maximum Gasteiger partial charge on any atom is 0.125 e. The zero-order valence-corrected chi connectivity index (χ0v) is 11.6. The van der Waals surface area contributed by atoms with E-state index in [0.717, 1.165) is 17.7 Å². The number of aliphatic hydroxyl groups excluding tert-OH is 1. The minimum Gasteiger partial charge on any atom is -0.493 e. The lowest BCUT2D eigenvalue weighted by Gasteiger charge is -2.26. The van der Waals surface area contributed by atoms with Crippen LogP contribution in [0.25, 0.3) is 0 Å². The molecule has 1 N–H and O–H groups in total. The summed E-state index contributed by atoms with van der Waals surface area (Å²) < 4.78 is 24.6. The summed E-state index contributed by atoms with van der Waals surface area (Å²) in [7, 11) is 0. The van der Waals surface area contributed by atoms with Gasteiger partial charge in [0.25, 0.3) is 0 Å². The average Bonchev–Trinajstić information content (AvgIpc) is 2.53. The molecule has 1 aliphatic heterocycles. The number of rotatable bonds is 4. The van der Waals surface area contributed by atoms with Gasteiger partial charge in [0.1, 0.15) is 17.3 Å². The third-order valence-corrected chi connectivity index (χ3v) is 3.72. The standard InChI is InChI=1S/C17H17FO3/c18-14-5-6-16(13(9-14)10-19)21-11-12-7-8-20-17-4-2-1-3-15(12)17/h1-6,9,12,19H,7-8,10-11H2. The first-order chi connectivity index (χ1) is 10.3. The number of benzene rings is 2. The van der Waals surface area contributed by atoms with Gasteiger partial charge in [0.2, 0.25) is 0 Å². The van der Waals surface area contributed by atoms with Crippen molar-refractivity contribution in [1.29, 1.82) is 0 Å². The Kier molecular flexibility index (Phi) is 4.06. The summed E-state index contributed by atoms with van der Waals surface area (Å²) >= 11 is 0. The number of hydrogen-bond donors (Lipinski definition) is 1. The summed E-state index contributed by atoms with van der Waals surface area (Å²) in [6, 6.07) is 12.1. The van der Waals surface area contributed by atoms with Gasteiger partial charge in [0, 0.05) is 17.0 Å². The second kappa shape index (κ2) is 6.14. The molecule has 0 fully saturated rings. The van der Waals surface area contributed by atoms with E-state index in [2.05, 4.69) is 0 Å². The van der Waals surface area contributed by atoms with Crippen LogP contribution >= 0.6 is 0 Å². The number of aliphatic hydroxyl groups is 1. The first kappa shape index (κ1) is 13.9. The predicted molar refractivity (Wildman–Crippen MR) is 77.1 cm³/mol. The Morgan fingerprint density at radius 2 is 2.10 bits per heavy atom. The van der Waals surface area contributed by atoms with Crippen molar-refractivity contribution >= 4 is 0 Å². The lowest BCUT2D eigenvalue weighted by atomic mass is 9.94. The van der Waals surface area contributed by atoms with E-state index in [9.17, 15) is 9.50 Å². The maximum atomic E-state index is 13.1. The van der Waals surface area contributed by atoms with Crippen LogP contribution in [-0.2, 0) is 6.61 Å². The van der Waals surface area contributed by atoms with Crippen molar-refractivity contribution in [1.82, 2.24) is 0 Å². The number of fused-ring (bicyclic) bond motifs is 1. The van der Waals surface area contributed by atoms with Crippen molar-refractivity contribution in [2.24, 2.45) is 0 Å². The van der Waals surface area contributed by atoms with Gasteiger partial charge in [-0.15, -0.1) is 0 Å². The summed E-state index contributed by atoms with van der Waals surface area (Å²) in [6.07, 6.45) is 0.882. The van der Waals surface area contributed by atoms with Gasteiger partial charge in [0.05, 0.1) is 19.8 Å². The van der Waals surface area contributed by atoms with Crippen molar-refractivity contribution in [3.8, 4) is 11.5 Å². The summed E-state index contributed by atoms with van der Waals surface area (Å²) in [5.41, 5.74) is 1.60. The van der Waals surface area contributed by atoms with Gasteiger partial charge in [0.15, 0.2) is 0 Å². The Bertz CT molecular complexity index is 627. The van der Waals surface area contributed by atoms with Gasteiger partial charge in [-0.2, -0.15) is 0 Å². The second-order valence-electron chi connectivity index (χ2n) is 5.09. The Morgan fingerprint density at radius 1 is 1.24 bits per heavy atom. The summed E-state index contributed by atoms with van der Waals surface area (Å²) in [6.45, 7) is 0.914. The fourth-order valence-electron chi connectivity index (χ4n) is 2.59. The molecule has 0 aromatic heterocycles. The van der Waals surface area contributed by atoms with Crippen LogP contribution < -0.4 is 9.47 Å². The Labute approximate surface area is 122 Å². The van der Waals surface area contributed by atoms with Crippen molar-refractivity contribution in [2.45, 2.75) is 18.9 Å². The lowest BCUT2D eigenvalue weighted by molar-refractivity contribution is 0.211. The number of hydrogen-bond acceptors (Lipinski definition) is 3. The van der Waals surface area contributed by atoms with Crippen molar-refractivity contribution in [2.75, 3.05) is 13.2 Å². The molecule has 0 saturated heterocycles. The molecule has 0 saturated carbocycles. The zero-order chi connectivity index (χ0) is 14.7. The largest absolute Gasteiger partial charge is 0.493 e. The molecule has 2 aromatic carbocycles. The first-order valence-electron chi connectivity index (χ1n) is 7.01. The van der Waals surface area contributed by atoms with Crippen LogP contribution in [0.15, 0.2) is 42.5 Å².